The maximum atomic E-state index is 15.0. The van der Waals surface area contributed by atoms with Crippen LogP contribution in [0.4, 0.5) is 29.3 Å². The Balaban J connectivity index is 1.33. The molecule has 0 unspecified atom stereocenters. The van der Waals surface area contributed by atoms with Gasteiger partial charge in [0.25, 0.3) is 0 Å². The molecule has 2 aliphatic heterocycles. The quantitative estimate of drug-likeness (QED) is 0.465. The van der Waals surface area contributed by atoms with Gasteiger partial charge in [0.1, 0.15) is 11.9 Å². The molecule has 2 aromatic carbocycles. The van der Waals surface area contributed by atoms with Crippen molar-refractivity contribution in [2.75, 3.05) is 49.1 Å². The van der Waals surface area contributed by atoms with Crippen molar-refractivity contribution < 1.29 is 27.5 Å². The number of amides is 2. The van der Waals surface area contributed by atoms with Crippen molar-refractivity contribution in [2.24, 2.45) is 0 Å². The largest absolute Gasteiger partial charge is 0.442 e. The molecule has 0 aliphatic carbocycles. The smallest absolute Gasteiger partial charge is 0.414 e. The SMILES string of the molecule is CC(=S)NC[C@H]1CN(c2ccc(N3CCN(C(=O)/C=C/c4ccc(F)c(F)c4)CC3)c(F)c2)C(=O)O1. The maximum Gasteiger partial charge on any atom is 0.414 e. The van der Waals surface area contributed by atoms with Crippen LogP contribution in [0.15, 0.2) is 42.5 Å². The summed E-state index contributed by atoms with van der Waals surface area (Å²) in [5.41, 5.74) is 1.16. The van der Waals surface area contributed by atoms with E-state index in [0.717, 1.165) is 12.1 Å². The molecule has 0 saturated carbocycles. The highest BCUT2D eigenvalue weighted by atomic mass is 32.1. The summed E-state index contributed by atoms with van der Waals surface area (Å²) in [5, 5.41) is 2.96. The van der Waals surface area contributed by atoms with Crippen LogP contribution in [-0.2, 0) is 9.53 Å². The van der Waals surface area contributed by atoms with Crippen LogP contribution in [0.3, 0.4) is 0 Å². The molecule has 11 heteroatoms. The second-order valence-corrected chi connectivity index (χ2v) is 9.12. The van der Waals surface area contributed by atoms with E-state index in [1.54, 1.807) is 24.0 Å². The van der Waals surface area contributed by atoms with Crippen molar-refractivity contribution in [3.63, 3.8) is 0 Å². The van der Waals surface area contributed by atoms with Gasteiger partial charge < -0.3 is 19.9 Å². The van der Waals surface area contributed by atoms with Gasteiger partial charge in [0, 0.05) is 32.3 Å². The first kappa shape index (κ1) is 25.5. The van der Waals surface area contributed by atoms with E-state index in [1.807, 2.05) is 4.90 Å². The Bertz CT molecular complexity index is 1200. The summed E-state index contributed by atoms with van der Waals surface area (Å²) in [6.45, 7) is 3.97. The van der Waals surface area contributed by atoms with Crippen LogP contribution in [0.25, 0.3) is 6.08 Å². The van der Waals surface area contributed by atoms with E-state index in [1.165, 1.54) is 29.2 Å². The summed E-state index contributed by atoms with van der Waals surface area (Å²) in [7, 11) is 0. The van der Waals surface area contributed by atoms with Crippen molar-refractivity contribution in [3.05, 3.63) is 65.5 Å². The first-order valence-corrected chi connectivity index (χ1v) is 11.8. The third-order valence-electron chi connectivity index (χ3n) is 5.99. The molecule has 0 spiro atoms. The first-order chi connectivity index (χ1) is 17.2. The Kier molecular flexibility index (Phi) is 7.78. The van der Waals surface area contributed by atoms with Gasteiger partial charge in [0.05, 0.1) is 29.5 Å². The molecule has 1 N–H and O–H groups in total. The molecule has 2 fully saturated rings. The molecule has 1 atom stereocenters. The van der Waals surface area contributed by atoms with E-state index < -0.39 is 23.5 Å². The van der Waals surface area contributed by atoms with Crippen molar-refractivity contribution >= 4 is 46.7 Å². The predicted molar refractivity (Wildman–Crippen MR) is 134 cm³/mol. The third kappa shape index (κ3) is 5.96. The standard InChI is InChI=1S/C25H25F3N4O3S/c1-16(36)29-14-19-15-32(25(34)35-19)18-4-6-23(22(28)13-18)30-8-10-31(11-9-30)24(33)7-3-17-2-5-20(26)21(27)12-17/h2-7,12-13,19H,8-11,14-15H2,1H3,(H,29,36)/b7-3+/t19-/m0/s1. The molecule has 36 heavy (non-hydrogen) atoms. The number of rotatable bonds is 6. The minimum absolute atomic E-state index is 0.268. The number of benzene rings is 2. The number of nitrogens with one attached hydrogen (secondary N) is 1. The number of ether oxygens (including phenoxy) is 1. The molecule has 0 bridgehead atoms. The number of hydrogen-bond acceptors (Lipinski definition) is 5. The topological polar surface area (TPSA) is 65.1 Å². The highest BCUT2D eigenvalue weighted by molar-refractivity contribution is 7.80. The Morgan fingerprint density at radius 2 is 1.83 bits per heavy atom. The third-order valence-corrected chi connectivity index (χ3v) is 6.13. The molecule has 4 rings (SSSR count). The van der Waals surface area contributed by atoms with Gasteiger partial charge in [-0.05, 0) is 48.9 Å². The number of carbonyl (C=O) groups is 2. The molecule has 2 amide bonds. The summed E-state index contributed by atoms with van der Waals surface area (Å²) < 4.78 is 46.7. The second kappa shape index (κ2) is 11.0. The van der Waals surface area contributed by atoms with Gasteiger partial charge in [0.2, 0.25) is 5.91 Å². The van der Waals surface area contributed by atoms with E-state index in [0.29, 0.717) is 54.7 Å². The molecule has 7 nitrogen and oxygen atoms in total. The summed E-state index contributed by atoms with van der Waals surface area (Å²) in [5.74, 6) is -2.68. The van der Waals surface area contributed by atoms with Gasteiger partial charge in [-0.1, -0.05) is 18.3 Å². The van der Waals surface area contributed by atoms with E-state index in [4.69, 9.17) is 17.0 Å². The summed E-state index contributed by atoms with van der Waals surface area (Å²) in [6, 6.07) is 7.99. The van der Waals surface area contributed by atoms with Crippen LogP contribution < -0.4 is 15.1 Å². The lowest BCUT2D eigenvalue weighted by Crippen LogP contribution is -2.48. The number of anilines is 2. The number of cyclic esters (lactones) is 1. The van der Waals surface area contributed by atoms with Crippen molar-refractivity contribution in [1.29, 1.82) is 0 Å². The van der Waals surface area contributed by atoms with Gasteiger partial charge >= 0.3 is 6.09 Å². The van der Waals surface area contributed by atoms with Crippen molar-refractivity contribution in [2.45, 2.75) is 13.0 Å². The Labute approximate surface area is 212 Å². The lowest BCUT2D eigenvalue weighted by atomic mass is 10.2. The van der Waals surface area contributed by atoms with Crippen LogP contribution in [0.5, 0.6) is 0 Å². The van der Waals surface area contributed by atoms with Gasteiger partial charge in [-0.2, -0.15) is 0 Å². The minimum Gasteiger partial charge on any atom is -0.442 e. The fourth-order valence-corrected chi connectivity index (χ4v) is 4.16. The lowest BCUT2D eigenvalue weighted by Gasteiger charge is -2.36. The van der Waals surface area contributed by atoms with Crippen LogP contribution in [0.1, 0.15) is 12.5 Å². The normalized spacial score (nSPS) is 18.1. The van der Waals surface area contributed by atoms with E-state index >= 15 is 0 Å². The van der Waals surface area contributed by atoms with Crippen molar-refractivity contribution in [3.8, 4) is 0 Å². The molecule has 2 aromatic rings. The van der Waals surface area contributed by atoms with Gasteiger partial charge in [0.15, 0.2) is 11.6 Å². The number of carbonyl (C=O) groups excluding carboxylic acids is 2. The number of piperazine rings is 1. The van der Waals surface area contributed by atoms with E-state index in [9.17, 15) is 22.8 Å². The summed E-state index contributed by atoms with van der Waals surface area (Å²) in [4.78, 5) is 30.1. The molecular weight excluding hydrogens is 493 g/mol. The number of halogens is 3. The zero-order valence-electron chi connectivity index (χ0n) is 19.5. The zero-order valence-corrected chi connectivity index (χ0v) is 20.4. The lowest BCUT2D eigenvalue weighted by molar-refractivity contribution is -0.126. The summed E-state index contributed by atoms with van der Waals surface area (Å²) in [6.07, 6.45) is 1.80. The Hall–Kier alpha value is -3.60. The summed E-state index contributed by atoms with van der Waals surface area (Å²) >= 11 is 4.97. The Morgan fingerprint density at radius 1 is 1.08 bits per heavy atom. The average molecular weight is 519 g/mol. The number of nitrogens with zero attached hydrogens (tertiary/aromatic N) is 3. The molecule has 0 radical (unpaired) electrons. The number of hydrogen-bond donors (Lipinski definition) is 1. The molecule has 2 heterocycles. The minimum atomic E-state index is -0.981. The Morgan fingerprint density at radius 3 is 2.50 bits per heavy atom. The fraction of sp³-hybridized carbons (Fsp3) is 0.320. The van der Waals surface area contributed by atoms with Crippen LogP contribution in [-0.4, -0.2) is 67.3 Å². The maximum absolute atomic E-state index is 15.0. The first-order valence-electron chi connectivity index (χ1n) is 11.4. The highest BCUT2D eigenvalue weighted by Gasteiger charge is 2.33. The molecule has 0 aromatic heterocycles. The zero-order chi connectivity index (χ0) is 25.8. The van der Waals surface area contributed by atoms with Crippen LogP contribution >= 0.6 is 12.2 Å². The molecule has 190 valence electrons. The van der Waals surface area contributed by atoms with E-state index in [2.05, 4.69) is 5.32 Å². The highest BCUT2D eigenvalue weighted by Crippen LogP contribution is 2.28. The van der Waals surface area contributed by atoms with Crippen LogP contribution in [0.2, 0.25) is 0 Å². The number of thiocarbonyl (C=S) groups is 1. The molecule has 2 saturated heterocycles. The van der Waals surface area contributed by atoms with Gasteiger partial charge in [-0.15, -0.1) is 0 Å². The molecular formula is C25H25F3N4O3S. The average Bonchev–Trinajstić information content (AvgIpc) is 3.23. The van der Waals surface area contributed by atoms with Gasteiger partial charge in [-0.3, -0.25) is 9.69 Å². The van der Waals surface area contributed by atoms with Crippen LogP contribution in [0, 0.1) is 17.5 Å². The monoisotopic (exact) mass is 518 g/mol. The predicted octanol–water partition coefficient (Wildman–Crippen LogP) is 3.73. The fourth-order valence-electron chi connectivity index (χ4n) is 4.07. The van der Waals surface area contributed by atoms with Crippen molar-refractivity contribution in [1.82, 2.24) is 10.2 Å². The van der Waals surface area contributed by atoms with E-state index in [-0.39, 0.29) is 18.6 Å². The second-order valence-electron chi connectivity index (χ2n) is 8.51. The van der Waals surface area contributed by atoms with Gasteiger partial charge in [-0.25, -0.2) is 18.0 Å². The molecule has 2 aliphatic rings.